The van der Waals surface area contributed by atoms with Crippen molar-refractivity contribution in [2.45, 2.75) is 64.8 Å². The highest BCUT2D eigenvalue weighted by Crippen LogP contribution is 2.06. The van der Waals surface area contributed by atoms with E-state index in [0.29, 0.717) is 0 Å². The van der Waals surface area contributed by atoms with Gasteiger partial charge < -0.3 is 10.4 Å². The maximum absolute atomic E-state index is 10.5. The third-order valence-electron chi connectivity index (χ3n) is 2.60. The Morgan fingerprint density at radius 1 is 1.13 bits per heavy atom. The van der Waals surface area contributed by atoms with E-state index in [1.807, 2.05) is 0 Å². The summed E-state index contributed by atoms with van der Waals surface area (Å²) in [7, 11) is 0. The Morgan fingerprint density at radius 2 is 1.67 bits per heavy atom. The Balaban J connectivity index is 3.08. The zero-order chi connectivity index (χ0) is 11.5. The summed E-state index contributed by atoms with van der Waals surface area (Å²) >= 11 is 0. The van der Waals surface area contributed by atoms with E-state index < -0.39 is 12.0 Å². The third-order valence-corrected chi connectivity index (χ3v) is 2.60. The first-order valence-electron chi connectivity index (χ1n) is 6.14. The van der Waals surface area contributed by atoms with Crippen molar-refractivity contribution in [1.29, 1.82) is 0 Å². The molecule has 0 aromatic rings. The molecule has 2 N–H and O–H groups in total. The quantitative estimate of drug-likeness (QED) is 0.551. The van der Waals surface area contributed by atoms with Gasteiger partial charge in [-0.25, -0.2) is 0 Å². The topological polar surface area (TPSA) is 49.3 Å². The molecule has 0 aliphatic rings. The maximum atomic E-state index is 10.5. The van der Waals surface area contributed by atoms with Gasteiger partial charge in [-0.3, -0.25) is 4.79 Å². The lowest BCUT2D eigenvalue weighted by Gasteiger charge is -2.08. The van der Waals surface area contributed by atoms with Gasteiger partial charge in [-0.2, -0.15) is 0 Å². The zero-order valence-electron chi connectivity index (χ0n) is 10.1. The van der Waals surface area contributed by atoms with E-state index in [9.17, 15) is 4.79 Å². The van der Waals surface area contributed by atoms with Crippen molar-refractivity contribution in [2.24, 2.45) is 0 Å². The summed E-state index contributed by atoms with van der Waals surface area (Å²) < 4.78 is 0. The first-order chi connectivity index (χ1) is 7.18. The summed E-state index contributed by atoms with van der Waals surface area (Å²) in [6, 6.07) is -0.412. The van der Waals surface area contributed by atoms with Crippen LogP contribution in [0.5, 0.6) is 0 Å². The highest BCUT2D eigenvalue weighted by molar-refractivity contribution is 5.72. The molecule has 0 radical (unpaired) electrons. The van der Waals surface area contributed by atoms with Crippen molar-refractivity contribution in [1.82, 2.24) is 5.32 Å². The Hall–Kier alpha value is -0.570. The fraction of sp³-hybridized carbons (Fsp3) is 0.917. The monoisotopic (exact) mass is 215 g/mol. The summed E-state index contributed by atoms with van der Waals surface area (Å²) in [5.74, 6) is -0.766. The fourth-order valence-electron chi connectivity index (χ4n) is 1.49. The molecule has 0 saturated heterocycles. The van der Waals surface area contributed by atoms with E-state index in [2.05, 4.69) is 12.2 Å². The molecule has 1 atom stereocenters. The normalized spacial score (nSPS) is 12.7. The van der Waals surface area contributed by atoms with Crippen molar-refractivity contribution in [3.05, 3.63) is 0 Å². The fourth-order valence-corrected chi connectivity index (χ4v) is 1.49. The second-order valence-corrected chi connectivity index (χ2v) is 4.14. The molecule has 90 valence electrons. The average molecular weight is 215 g/mol. The minimum Gasteiger partial charge on any atom is -0.480 e. The first kappa shape index (κ1) is 14.4. The Bertz CT molecular complexity index is 160. The number of hydrogen-bond acceptors (Lipinski definition) is 2. The maximum Gasteiger partial charge on any atom is 0.320 e. The van der Waals surface area contributed by atoms with Gasteiger partial charge in [0, 0.05) is 0 Å². The summed E-state index contributed by atoms with van der Waals surface area (Å²) in [6.45, 7) is 4.72. The van der Waals surface area contributed by atoms with Crippen molar-refractivity contribution in [3.63, 3.8) is 0 Å². The van der Waals surface area contributed by atoms with Gasteiger partial charge in [-0.05, 0) is 19.9 Å². The zero-order valence-corrected chi connectivity index (χ0v) is 10.1. The second-order valence-electron chi connectivity index (χ2n) is 4.14. The summed E-state index contributed by atoms with van der Waals surface area (Å²) in [4.78, 5) is 10.5. The van der Waals surface area contributed by atoms with Gasteiger partial charge >= 0.3 is 5.97 Å². The van der Waals surface area contributed by atoms with Crippen molar-refractivity contribution in [2.75, 3.05) is 6.54 Å². The van der Waals surface area contributed by atoms with Gasteiger partial charge in [-0.1, -0.05) is 45.4 Å². The number of aliphatic carboxylic acids is 1. The number of hydrogen-bond donors (Lipinski definition) is 2. The Kier molecular flexibility index (Phi) is 9.59. The number of nitrogens with one attached hydrogen (secondary N) is 1. The number of rotatable bonds is 10. The van der Waals surface area contributed by atoms with Crippen LogP contribution in [0.4, 0.5) is 0 Å². The van der Waals surface area contributed by atoms with Crippen molar-refractivity contribution >= 4 is 5.97 Å². The molecule has 0 spiro atoms. The number of carboxylic acid groups (broad SMARTS) is 1. The van der Waals surface area contributed by atoms with Gasteiger partial charge in [0.25, 0.3) is 0 Å². The first-order valence-corrected chi connectivity index (χ1v) is 6.14. The Labute approximate surface area is 93.3 Å². The SMILES string of the molecule is CCCCCCCCCN[C@@H](C)C(=O)O. The van der Waals surface area contributed by atoms with Gasteiger partial charge in [0.2, 0.25) is 0 Å². The minimum absolute atomic E-state index is 0.412. The lowest BCUT2D eigenvalue weighted by atomic mass is 10.1. The van der Waals surface area contributed by atoms with Gasteiger partial charge in [0.05, 0.1) is 0 Å². The molecule has 3 nitrogen and oxygen atoms in total. The van der Waals surface area contributed by atoms with Gasteiger partial charge in [0.15, 0.2) is 0 Å². The Morgan fingerprint density at radius 3 is 2.20 bits per heavy atom. The van der Waals surface area contributed by atoms with E-state index in [4.69, 9.17) is 5.11 Å². The predicted octanol–water partition coefficient (Wildman–Crippen LogP) is 2.80. The molecular formula is C12H25NO2. The summed E-state index contributed by atoms with van der Waals surface area (Å²) in [5.41, 5.74) is 0. The van der Waals surface area contributed by atoms with E-state index in [0.717, 1.165) is 13.0 Å². The predicted molar refractivity (Wildman–Crippen MR) is 63.1 cm³/mol. The van der Waals surface area contributed by atoms with Crippen LogP contribution < -0.4 is 5.32 Å². The van der Waals surface area contributed by atoms with Gasteiger partial charge in [0.1, 0.15) is 6.04 Å². The van der Waals surface area contributed by atoms with Crippen LogP contribution in [0.25, 0.3) is 0 Å². The third kappa shape index (κ3) is 9.73. The number of carbonyl (C=O) groups is 1. The average Bonchev–Trinajstić information content (AvgIpc) is 2.21. The minimum atomic E-state index is -0.766. The highest BCUT2D eigenvalue weighted by Gasteiger charge is 2.07. The second kappa shape index (κ2) is 9.97. The van der Waals surface area contributed by atoms with Crippen molar-refractivity contribution < 1.29 is 9.90 Å². The molecule has 0 heterocycles. The highest BCUT2D eigenvalue weighted by atomic mass is 16.4. The molecule has 15 heavy (non-hydrogen) atoms. The standard InChI is InChI=1S/C12H25NO2/c1-3-4-5-6-7-8-9-10-13-11(2)12(14)15/h11,13H,3-10H2,1-2H3,(H,14,15)/t11-/m0/s1. The largest absolute Gasteiger partial charge is 0.480 e. The molecule has 0 rings (SSSR count). The van der Waals surface area contributed by atoms with E-state index in [1.54, 1.807) is 6.92 Å². The van der Waals surface area contributed by atoms with E-state index >= 15 is 0 Å². The van der Waals surface area contributed by atoms with Crippen LogP contribution in [0, 0.1) is 0 Å². The molecule has 3 heteroatoms. The molecule has 0 fully saturated rings. The van der Waals surface area contributed by atoms with Crippen LogP contribution in [0.2, 0.25) is 0 Å². The molecule has 0 aromatic heterocycles. The van der Waals surface area contributed by atoms with Crippen LogP contribution in [0.15, 0.2) is 0 Å². The lowest BCUT2D eigenvalue weighted by Crippen LogP contribution is -2.34. The van der Waals surface area contributed by atoms with Crippen LogP contribution in [0.1, 0.15) is 58.8 Å². The number of unbranched alkanes of at least 4 members (excludes halogenated alkanes) is 6. The smallest absolute Gasteiger partial charge is 0.320 e. The van der Waals surface area contributed by atoms with Crippen LogP contribution >= 0.6 is 0 Å². The molecule has 0 aliphatic carbocycles. The number of carboxylic acids is 1. The molecule has 0 amide bonds. The molecular weight excluding hydrogens is 190 g/mol. The van der Waals surface area contributed by atoms with E-state index in [-0.39, 0.29) is 0 Å². The van der Waals surface area contributed by atoms with Crippen LogP contribution in [-0.2, 0) is 4.79 Å². The van der Waals surface area contributed by atoms with Gasteiger partial charge in [-0.15, -0.1) is 0 Å². The summed E-state index contributed by atoms with van der Waals surface area (Å²) in [5, 5.41) is 11.6. The van der Waals surface area contributed by atoms with Crippen LogP contribution in [-0.4, -0.2) is 23.7 Å². The molecule has 0 aromatic carbocycles. The van der Waals surface area contributed by atoms with Crippen molar-refractivity contribution in [3.8, 4) is 0 Å². The van der Waals surface area contributed by atoms with E-state index in [1.165, 1.54) is 38.5 Å². The van der Waals surface area contributed by atoms with Crippen LogP contribution in [0.3, 0.4) is 0 Å². The lowest BCUT2D eigenvalue weighted by molar-refractivity contribution is -0.138. The molecule has 0 aliphatic heterocycles. The summed E-state index contributed by atoms with van der Waals surface area (Å²) in [6.07, 6.45) is 8.87. The molecule has 0 bridgehead atoms. The molecule has 0 unspecified atom stereocenters. The molecule has 0 saturated carbocycles.